The van der Waals surface area contributed by atoms with E-state index in [1.54, 1.807) is 19.1 Å². The Bertz CT molecular complexity index is 811. The number of rotatable bonds is 4. The van der Waals surface area contributed by atoms with Gasteiger partial charge in [-0.05, 0) is 13.8 Å². The Labute approximate surface area is 148 Å². The number of benzene rings is 1. The standard InChI is InChI=1S/C15H16F2N4O3.ClH/c1-7-9(8(2)21(20-7)15(16)17)3-14(22)19-11-5-13-12(4-10(11)18)23-6-24-13;/h4-5,15H,3,6,18H2,1-2H3,(H,19,22);1H. The highest BCUT2D eigenvalue weighted by molar-refractivity contribution is 5.96. The zero-order valence-electron chi connectivity index (χ0n) is 13.5. The number of carbonyl (C=O) groups excluding carboxylic acids is 1. The normalized spacial score (nSPS) is 12.2. The summed E-state index contributed by atoms with van der Waals surface area (Å²) in [6.45, 7) is 0.440. The Kier molecular flexibility index (Phi) is 5.36. The van der Waals surface area contributed by atoms with Crippen LogP contribution in [0.2, 0.25) is 0 Å². The van der Waals surface area contributed by atoms with Crippen molar-refractivity contribution >= 4 is 29.7 Å². The van der Waals surface area contributed by atoms with Gasteiger partial charge < -0.3 is 20.5 Å². The number of aryl methyl sites for hydroxylation is 1. The third-order valence-electron chi connectivity index (χ3n) is 3.82. The van der Waals surface area contributed by atoms with Gasteiger partial charge in [0.25, 0.3) is 0 Å². The summed E-state index contributed by atoms with van der Waals surface area (Å²) in [5, 5.41) is 6.42. The van der Waals surface area contributed by atoms with Crippen molar-refractivity contribution in [2.75, 3.05) is 17.8 Å². The van der Waals surface area contributed by atoms with E-state index in [1.807, 2.05) is 0 Å². The summed E-state index contributed by atoms with van der Waals surface area (Å²) in [4.78, 5) is 12.3. The van der Waals surface area contributed by atoms with Crippen molar-refractivity contribution < 1.29 is 23.0 Å². The second-order valence-corrected chi connectivity index (χ2v) is 5.39. The fourth-order valence-electron chi connectivity index (χ4n) is 2.56. The van der Waals surface area contributed by atoms with Gasteiger partial charge in [0, 0.05) is 23.4 Å². The zero-order valence-corrected chi connectivity index (χ0v) is 14.3. The third kappa shape index (κ3) is 3.60. The number of amides is 1. The molecule has 0 bridgehead atoms. The number of nitrogen functional groups attached to an aromatic ring is 1. The predicted molar refractivity (Wildman–Crippen MR) is 89.5 cm³/mol. The quantitative estimate of drug-likeness (QED) is 0.803. The molecule has 1 aliphatic heterocycles. The molecule has 1 aliphatic rings. The maximum absolute atomic E-state index is 12.8. The van der Waals surface area contributed by atoms with Crippen LogP contribution in [0, 0.1) is 13.8 Å². The van der Waals surface area contributed by atoms with Crippen molar-refractivity contribution in [3.05, 3.63) is 29.1 Å². The van der Waals surface area contributed by atoms with Gasteiger partial charge in [-0.25, -0.2) is 4.68 Å². The predicted octanol–water partition coefficient (Wildman–Crippen LogP) is 2.81. The van der Waals surface area contributed by atoms with E-state index in [0.717, 1.165) is 0 Å². The molecule has 2 aromatic rings. The van der Waals surface area contributed by atoms with Gasteiger partial charge in [-0.2, -0.15) is 13.9 Å². The molecule has 0 radical (unpaired) electrons. The molecule has 1 amide bonds. The molecule has 1 aromatic heterocycles. The van der Waals surface area contributed by atoms with Gasteiger partial charge in [-0.15, -0.1) is 12.4 Å². The lowest BCUT2D eigenvalue weighted by atomic mass is 10.1. The van der Waals surface area contributed by atoms with Crippen molar-refractivity contribution in [1.29, 1.82) is 0 Å². The molecule has 0 fully saturated rings. The first kappa shape index (κ1) is 18.8. The summed E-state index contributed by atoms with van der Waals surface area (Å²) in [6, 6.07) is 3.13. The van der Waals surface area contributed by atoms with Gasteiger partial charge in [0.2, 0.25) is 12.7 Å². The second kappa shape index (κ2) is 7.14. The van der Waals surface area contributed by atoms with Crippen LogP contribution in [0.1, 0.15) is 23.5 Å². The first-order valence-corrected chi connectivity index (χ1v) is 7.18. The van der Waals surface area contributed by atoms with Crippen molar-refractivity contribution in [2.45, 2.75) is 26.8 Å². The first-order valence-electron chi connectivity index (χ1n) is 7.18. The van der Waals surface area contributed by atoms with Crippen LogP contribution in [0.25, 0.3) is 0 Å². The van der Waals surface area contributed by atoms with E-state index in [9.17, 15) is 13.6 Å². The molecule has 1 aromatic carbocycles. The minimum absolute atomic E-state index is 0. The van der Waals surface area contributed by atoms with Crippen molar-refractivity contribution in [3.63, 3.8) is 0 Å². The minimum Gasteiger partial charge on any atom is -0.454 e. The fourth-order valence-corrected chi connectivity index (χ4v) is 2.56. The number of carbonyl (C=O) groups is 1. The number of ether oxygens (including phenoxy) is 2. The molecule has 0 unspecified atom stereocenters. The van der Waals surface area contributed by atoms with E-state index < -0.39 is 6.55 Å². The summed E-state index contributed by atoms with van der Waals surface area (Å²) in [7, 11) is 0. The fraction of sp³-hybridized carbons (Fsp3) is 0.333. The second-order valence-electron chi connectivity index (χ2n) is 5.39. The van der Waals surface area contributed by atoms with E-state index in [4.69, 9.17) is 15.2 Å². The van der Waals surface area contributed by atoms with Crippen molar-refractivity contribution in [3.8, 4) is 11.5 Å². The average molecular weight is 375 g/mol. The summed E-state index contributed by atoms with van der Waals surface area (Å²) in [5.74, 6) is 0.605. The first-order chi connectivity index (χ1) is 11.4. The number of anilines is 2. The van der Waals surface area contributed by atoms with Gasteiger partial charge in [0.15, 0.2) is 11.5 Å². The summed E-state index contributed by atoms with van der Waals surface area (Å²) in [5.41, 5.74) is 7.69. The SMILES string of the molecule is Cc1nn(C(F)F)c(C)c1CC(=O)Nc1cc2c(cc1N)OCO2.Cl. The van der Waals surface area contributed by atoms with Gasteiger partial charge in [-0.1, -0.05) is 0 Å². The zero-order chi connectivity index (χ0) is 17.4. The lowest BCUT2D eigenvalue weighted by Crippen LogP contribution is -2.16. The van der Waals surface area contributed by atoms with Crippen LogP contribution in [0.3, 0.4) is 0 Å². The van der Waals surface area contributed by atoms with Crippen LogP contribution in [-0.2, 0) is 11.2 Å². The molecule has 0 saturated carbocycles. The number of alkyl halides is 2. The Morgan fingerprint density at radius 2 is 2.00 bits per heavy atom. The van der Waals surface area contributed by atoms with Gasteiger partial charge >= 0.3 is 6.55 Å². The molecule has 10 heteroatoms. The third-order valence-corrected chi connectivity index (χ3v) is 3.82. The number of nitrogens with one attached hydrogen (secondary N) is 1. The van der Waals surface area contributed by atoms with Crippen LogP contribution < -0.4 is 20.5 Å². The van der Waals surface area contributed by atoms with Crippen molar-refractivity contribution in [2.24, 2.45) is 0 Å². The molecule has 0 atom stereocenters. The highest BCUT2D eigenvalue weighted by Crippen LogP contribution is 2.38. The number of aromatic nitrogens is 2. The maximum atomic E-state index is 12.8. The molecule has 7 nitrogen and oxygen atoms in total. The Hall–Kier alpha value is -2.55. The monoisotopic (exact) mass is 374 g/mol. The molecule has 3 rings (SSSR count). The Morgan fingerprint density at radius 1 is 1.36 bits per heavy atom. The maximum Gasteiger partial charge on any atom is 0.333 e. The van der Waals surface area contributed by atoms with Crippen LogP contribution in [0.5, 0.6) is 11.5 Å². The largest absolute Gasteiger partial charge is 0.454 e. The number of hydrogen-bond donors (Lipinski definition) is 2. The molecular formula is C15H17ClF2N4O3. The summed E-state index contributed by atoms with van der Waals surface area (Å²) < 4.78 is 36.7. The number of fused-ring (bicyclic) bond motifs is 1. The van der Waals surface area contributed by atoms with Crippen LogP contribution in [0.4, 0.5) is 20.2 Å². The molecular weight excluding hydrogens is 358 g/mol. The van der Waals surface area contributed by atoms with Crippen LogP contribution in [-0.4, -0.2) is 22.5 Å². The van der Waals surface area contributed by atoms with E-state index in [-0.39, 0.29) is 37.2 Å². The lowest BCUT2D eigenvalue weighted by Gasteiger charge is -2.10. The summed E-state index contributed by atoms with van der Waals surface area (Å²) in [6.07, 6.45) is -0.0851. The van der Waals surface area contributed by atoms with Gasteiger partial charge in [0.1, 0.15) is 0 Å². The Morgan fingerprint density at radius 3 is 2.60 bits per heavy atom. The van der Waals surface area contributed by atoms with Gasteiger partial charge in [0.05, 0.1) is 23.5 Å². The van der Waals surface area contributed by atoms with E-state index in [2.05, 4.69) is 10.4 Å². The van der Waals surface area contributed by atoms with Crippen LogP contribution in [0.15, 0.2) is 12.1 Å². The smallest absolute Gasteiger partial charge is 0.333 e. The van der Waals surface area contributed by atoms with E-state index in [1.165, 1.54) is 6.92 Å². The molecule has 3 N–H and O–H groups in total. The molecule has 136 valence electrons. The van der Waals surface area contributed by atoms with Gasteiger partial charge in [-0.3, -0.25) is 4.79 Å². The number of hydrogen-bond acceptors (Lipinski definition) is 5. The molecule has 25 heavy (non-hydrogen) atoms. The Balaban J connectivity index is 0.00000225. The molecule has 2 heterocycles. The minimum atomic E-state index is -2.75. The van der Waals surface area contributed by atoms with Crippen molar-refractivity contribution in [1.82, 2.24) is 9.78 Å². The summed E-state index contributed by atoms with van der Waals surface area (Å²) >= 11 is 0. The number of nitrogens with two attached hydrogens (primary N) is 1. The number of halogens is 3. The number of nitrogens with zero attached hydrogens (tertiary/aromatic N) is 2. The molecule has 0 saturated heterocycles. The highest BCUT2D eigenvalue weighted by atomic mass is 35.5. The van der Waals surface area contributed by atoms with E-state index >= 15 is 0 Å². The average Bonchev–Trinajstić information content (AvgIpc) is 3.06. The topological polar surface area (TPSA) is 91.4 Å². The highest BCUT2D eigenvalue weighted by Gasteiger charge is 2.21. The van der Waals surface area contributed by atoms with Crippen LogP contribution >= 0.6 is 12.4 Å². The molecule has 0 aliphatic carbocycles. The van der Waals surface area contributed by atoms with E-state index in [0.29, 0.717) is 38.8 Å². The molecule has 0 spiro atoms. The lowest BCUT2D eigenvalue weighted by molar-refractivity contribution is -0.115.